The summed E-state index contributed by atoms with van der Waals surface area (Å²) in [5.74, 6) is -0.903. The van der Waals surface area contributed by atoms with Gasteiger partial charge in [-0.15, -0.1) is 5.10 Å². The number of aliphatic hydroxyl groups is 1. The fourth-order valence-electron chi connectivity index (χ4n) is 3.84. The van der Waals surface area contributed by atoms with E-state index in [0.717, 1.165) is 12.1 Å². The molecule has 176 valence electrons. The Hall–Kier alpha value is -2.73. The first-order valence-corrected chi connectivity index (χ1v) is 12.0. The first-order chi connectivity index (χ1) is 15.9. The van der Waals surface area contributed by atoms with Gasteiger partial charge in [-0.2, -0.15) is 0 Å². The highest BCUT2D eigenvalue weighted by atomic mass is 32.2. The molecule has 0 aliphatic carbocycles. The standard InChI is InChI=1S/C22H24F2N4O4S/c23-15-5-8-17(9-6-15)33(30,31)26-20-10-7-16(32-22(20)14-29)11-12-28-13-21(25-27-28)18-3-1-2-4-19(18)24/h1-6,8-9,13,16,20,22,26,29H,7,10-12,14H2/t16-,20+,22+/m0/s1. The van der Waals surface area contributed by atoms with E-state index >= 15 is 0 Å². The molecule has 1 fully saturated rings. The second-order valence-electron chi connectivity index (χ2n) is 7.87. The molecule has 11 heteroatoms. The van der Waals surface area contributed by atoms with E-state index in [0.29, 0.717) is 37.1 Å². The SMILES string of the molecule is O=S(=O)(N[C@@H]1CC[C@@H](CCn2cc(-c3ccccc3F)nn2)O[C@@H]1CO)c1ccc(F)cc1. The van der Waals surface area contributed by atoms with E-state index in [4.69, 9.17) is 4.74 Å². The second kappa shape index (κ2) is 10.0. The fourth-order valence-corrected chi connectivity index (χ4v) is 5.13. The minimum absolute atomic E-state index is 0.0560. The van der Waals surface area contributed by atoms with Gasteiger partial charge in [-0.3, -0.25) is 4.68 Å². The molecule has 4 rings (SSSR count). The van der Waals surface area contributed by atoms with Crippen LogP contribution in [0.15, 0.2) is 59.6 Å². The van der Waals surface area contributed by atoms with E-state index < -0.39 is 28.0 Å². The molecule has 1 aromatic heterocycles. The van der Waals surface area contributed by atoms with E-state index in [1.807, 2.05) is 0 Å². The maximum absolute atomic E-state index is 13.9. The first-order valence-electron chi connectivity index (χ1n) is 10.5. The molecule has 0 amide bonds. The summed E-state index contributed by atoms with van der Waals surface area (Å²) in [6.07, 6.45) is 2.33. The van der Waals surface area contributed by atoms with E-state index in [1.54, 1.807) is 29.1 Å². The molecule has 0 spiro atoms. The summed E-state index contributed by atoms with van der Waals surface area (Å²) in [4.78, 5) is -0.0560. The van der Waals surface area contributed by atoms with Crippen LogP contribution in [-0.4, -0.2) is 53.4 Å². The van der Waals surface area contributed by atoms with Crippen molar-refractivity contribution in [1.29, 1.82) is 0 Å². The van der Waals surface area contributed by atoms with Crippen LogP contribution in [0.25, 0.3) is 11.3 Å². The van der Waals surface area contributed by atoms with Gasteiger partial charge in [-0.1, -0.05) is 17.3 Å². The lowest BCUT2D eigenvalue weighted by molar-refractivity contribution is -0.0891. The Kier molecular flexibility index (Phi) is 7.13. The molecule has 2 aromatic carbocycles. The summed E-state index contributed by atoms with van der Waals surface area (Å²) in [5, 5.41) is 17.8. The molecule has 33 heavy (non-hydrogen) atoms. The first kappa shape index (κ1) is 23.4. The number of nitrogens with zero attached hydrogens (tertiary/aromatic N) is 3. The molecule has 3 atom stereocenters. The van der Waals surface area contributed by atoms with E-state index in [1.165, 1.54) is 18.2 Å². The summed E-state index contributed by atoms with van der Waals surface area (Å²) in [5.41, 5.74) is 0.801. The lowest BCUT2D eigenvalue weighted by atomic mass is 9.98. The number of halogens is 2. The summed E-state index contributed by atoms with van der Waals surface area (Å²) in [6, 6.07) is 10.2. The molecule has 2 N–H and O–H groups in total. The molecule has 0 saturated carbocycles. The van der Waals surface area contributed by atoms with Gasteiger partial charge in [-0.25, -0.2) is 21.9 Å². The second-order valence-corrected chi connectivity index (χ2v) is 9.59. The minimum atomic E-state index is -3.88. The van der Waals surface area contributed by atoms with Crippen molar-refractivity contribution in [3.05, 3.63) is 66.4 Å². The number of benzene rings is 2. The number of aryl methyl sites for hydroxylation is 1. The van der Waals surface area contributed by atoms with Crippen LogP contribution in [0.4, 0.5) is 8.78 Å². The number of hydrogen-bond donors (Lipinski definition) is 2. The molecular weight excluding hydrogens is 454 g/mol. The predicted molar refractivity (Wildman–Crippen MR) is 116 cm³/mol. The molecule has 3 aromatic rings. The number of nitrogens with one attached hydrogen (secondary N) is 1. The van der Waals surface area contributed by atoms with E-state index in [2.05, 4.69) is 15.0 Å². The number of sulfonamides is 1. The zero-order chi connectivity index (χ0) is 23.4. The Morgan fingerprint density at radius 2 is 1.88 bits per heavy atom. The lowest BCUT2D eigenvalue weighted by Crippen LogP contribution is -2.50. The highest BCUT2D eigenvalue weighted by molar-refractivity contribution is 7.89. The summed E-state index contributed by atoms with van der Waals surface area (Å²) < 4.78 is 62.3. The van der Waals surface area contributed by atoms with E-state index in [9.17, 15) is 22.3 Å². The van der Waals surface area contributed by atoms with Crippen molar-refractivity contribution in [3.8, 4) is 11.3 Å². The quantitative estimate of drug-likeness (QED) is 0.515. The van der Waals surface area contributed by atoms with Gasteiger partial charge < -0.3 is 9.84 Å². The molecule has 8 nitrogen and oxygen atoms in total. The molecular formula is C22H24F2N4O4S. The Morgan fingerprint density at radius 3 is 2.61 bits per heavy atom. The predicted octanol–water partition coefficient (Wildman–Crippen LogP) is 2.50. The monoisotopic (exact) mass is 478 g/mol. The average molecular weight is 479 g/mol. The Labute approximate surface area is 190 Å². The number of rotatable bonds is 8. The maximum Gasteiger partial charge on any atom is 0.240 e. The third-order valence-corrected chi connectivity index (χ3v) is 7.10. The van der Waals surface area contributed by atoms with Crippen molar-refractivity contribution in [1.82, 2.24) is 19.7 Å². The van der Waals surface area contributed by atoms with Gasteiger partial charge in [0.25, 0.3) is 0 Å². The van der Waals surface area contributed by atoms with Gasteiger partial charge in [0.2, 0.25) is 10.0 Å². The summed E-state index contributed by atoms with van der Waals surface area (Å²) in [7, 11) is -3.88. The lowest BCUT2D eigenvalue weighted by Gasteiger charge is -2.36. The van der Waals surface area contributed by atoms with E-state index in [-0.39, 0.29) is 23.4 Å². The van der Waals surface area contributed by atoms with Crippen LogP contribution >= 0.6 is 0 Å². The number of aromatic nitrogens is 3. The number of ether oxygens (including phenoxy) is 1. The number of aliphatic hydroxyl groups excluding tert-OH is 1. The Morgan fingerprint density at radius 1 is 1.12 bits per heavy atom. The Bertz CT molecular complexity index is 1190. The summed E-state index contributed by atoms with van der Waals surface area (Å²) in [6.45, 7) is 0.115. The largest absolute Gasteiger partial charge is 0.394 e. The van der Waals surface area contributed by atoms with Gasteiger partial charge >= 0.3 is 0 Å². The topological polar surface area (TPSA) is 106 Å². The third-order valence-electron chi connectivity index (χ3n) is 5.59. The van der Waals surface area contributed by atoms with Crippen molar-refractivity contribution >= 4 is 10.0 Å². The molecule has 1 aliphatic heterocycles. The molecule has 0 unspecified atom stereocenters. The van der Waals surface area contributed by atoms with Crippen LogP contribution in [-0.2, 0) is 21.3 Å². The molecule has 0 radical (unpaired) electrons. The smallest absolute Gasteiger partial charge is 0.240 e. The third kappa shape index (κ3) is 5.61. The van der Waals surface area contributed by atoms with Crippen LogP contribution in [0.3, 0.4) is 0 Å². The van der Waals surface area contributed by atoms with Crippen molar-refractivity contribution < 1.29 is 27.0 Å². The van der Waals surface area contributed by atoms with Gasteiger partial charge in [-0.05, 0) is 55.7 Å². The van der Waals surface area contributed by atoms with Crippen molar-refractivity contribution in [2.45, 2.75) is 49.0 Å². The summed E-state index contributed by atoms with van der Waals surface area (Å²) >= 11 is 0. The normalized spacial score (nSPS) is 21.2. The Balaban J connectivity index is 1.34. The molecule has 2 heterocycles. The number of hydrogen-bond acceptors (Lipinski definition) is 6. The van der Waals surface area contributed by atoms with Gasteiger partial charge in [0.15, 0.2) is 0 Å². The highest BCUT2D eigenvalue weighted by Gasteiger charge is 2.34. The molecule has 1 saturated heterocycles. The van der Waals surface area contributed by atoms with Gasteiger partial charge in [0.05, 0.1) is 35.9 Å². The molecule has 1 aliphatic rings. The van der Waals surface area contributed by atoms with Gasteiger partial charge in [0.1, 0.15) is 17.3 Å². The zero-order valence-electron chi connectivity index (χ0n) is 17.6. The van der Waals surface area contributed by atoms with Crippen LogP contribution in [0.2, 0.25) is 0 Å². The van der Waals surface area contributed by atoms with Crippen molar-refractivity contribution in [2.24, 2.45) is 0 Å². The minimum Gasteiger partial charge on any atom is -0.394 e. The van der Waals surface area contributed by atoms with Crippen LogP contribution < -0.4 is 4.72 Å². The zero-order valence-corrected chi connectivity index (χ0v) is 18.5. The highest BCUT2D eigenvalue weighted by Crippen LogP contribution is 2.25. The van der Waals surface area contributed by atoms with Crippen molar-refractivity contribution in [2.75, 3.05) is 6.61 Å². The van der Waals surface area contributed by atoms with Crippen LogP contribution in [0.1, 0.15) is 19.3 Å². The fraction of sp³-hybridized carbons (Fsp3) is 0.364. The van der Waals surface area contributed by atoms with Crippen LogP contribution in [0.5, 0.6) is 0 Å². The molecule has 0 bridgehead atoms. The maximum atomic E-state index is 13.9. The van der Waals surface area contributed by atoms with Crippen LogP contribution in [0, 0.1) is 11.6 Å². The average Bonchev–Trinajstić information content (AvgIpc) is 3.27. The van der Waals surface area contributed by atoms with Gasteiger partial charge in [0, 0.05) is 12.1 Å². The van der Waals surface area contributed by atoms with Crippen molar-refractivity contribution in [3.63, 3.8) is 0 Å².